The van der Waals surface area contributed by atoms with Gasteiger partial charge in [0.1, 0.15) is 17.5 Å². The largest absolute Gasteiger partial charge is 0.384 e. The number of nitrogens with two attached hydrogens (primary N) is 2. The maximum atomic E-state index is 13.5. The molecular formula is C12H9F2N3OS. The molecule has 0 aliphatic carbocycles. The van der Waals surface area contributed by atoms with Crippen molar-refractivity contribution in [2.24, 2.45) is 5.73 Å². The highest BCUT2D eigenvalue weighted by Gasteiger charge is 2.13. The number of primary amides is 1. The van der Waals surface area contributed by atoms with Crippen LogP contribution in [-0.4, -0.2) is 10.9 Å². The third kappa shape index (κ3) is 3.00. The van der Waals surface area contributed by atoms with Crippen molar-refractivity contribution in [3.05, 3.63) is 47.7 Å². The summed E-state index contributed by atoms with van der Waals surface area (Å²) in [7, 11) is 0. The van der Waals surface area contributed by atoms with Crippen LogP contribution in [0.25, 0.3) is 0 Å². The number of hydrogen-bond donors (Lipinski definition) is 2. The zero-order valence-electron chi connectivity index (χ0n) is 9.56. The van der Waals surface area contributed by atoms with E-state index < -0.39 is 17.5 Å². The lowest BCUT2D eigenvalue weighted by Gasteiger charge is -2.07. The van der Waals surface area contributed by atoms with Gasteiger partial charge in [0.15, 0.2) is 0 Å². The van der Waals surface area contributed by atoms with Gasteiger partial charge in [0.2, 0.25) is 5.91 Å². The number of aromatic nitrogens is 1. The first-order chi connectivity index (χ1) is 8.97. The van der Waals surface area contributed by atoms with Crippen LogP contribution in [-0.2, 0) is 0 Å². The maximum absolute atomic E-state index is 13.5. The molecule has 0 unspecified atom stereocenters. The van der Waals surface area contributed by atoms with Gasteiger partial charge in [-0.2, -0.15) is 0 Å². The van der Waals surface area contributed by atoms with Gasteiger partial charge >= 0.3 is 0 Å². The molecule has 7 heteroatoms. The number of nitrogens with zero attached hydrogens (tertiary/aromatic N) is 1. The van der Waals surface area contributed by atoms with Crippen LogP contribution < -0.4 is 11.5 Å². The fraction of sp³-hybridized carbons (Fsp3) is 0. The summed E-state index contributed by atoms with van der Waals surface area (Å²) in [6.07, 6.45) is 1.30. The van der Waals surface area contributed by atoms with Crippen molar-refractivity contribution in [1.82, 2.24) is 4.98 Å². The van der Waals surface area contributed by atoms with Gasteiger partial charge in [-0.15, -0.1) is 0 Å². The Morgan fingerprint density at radius 2 is 1.95 bits per heavy atom. The molecule has 0 saturated carbocycles. The Labute approximate surface area is 111 Å². The first kappa shape index (κ1) is 13.3. The summed E-state index contributed by atoms with van der Waals surface area (Å²) in [5.74, 6) is -1.77. The van der Waals surface area contributed by atoms with Gasteiger partial charge in [0.05, 0.1) is 10.5 Å². The molecule has 0 spiro atoms. The highest BCUT2D eigenvalue weighted by atomic mass is 32.2. The third-order valence-corrected chi connectivity index (χ3v) is 3.35. The summed E-state index contributed by atoms with van der Waals surface area (Å²) in [4.78, 5) is 15.4. The number of pyridine rings is 1. The lowest BCUT2D eigenvalue weighted by atomic mass is 10.2. The quantitative estimate of drug-likeness (QED) is 0.903. The summed E-state index contributed by atoms with van der Waals surface area (Å²) < 4.78 is 26.6. The van der Waals surface area contributed by atoms with Gasteiger partial charge in [-0.3, -0.25) is 4.79 Å². The number of rotatable bonds is 3. The molecule has 1 amide bonds. The standard InChI is InChI=1S/C12H9F2N3OS/c13-6-1-2-8(14)9(3-6)19-10-5-17-11(15)4-7(10)12(16)18/h1-5H,(H2,15,17)(H2,16,18). The van der Waals surface area contributed by atoms with Crippen molar-refractivity contribution in [2.75, 3.05) is 5.73 Å². The summed E-state index contributed by atoms with van der Waals surface area (Å²) in [6.45, 7) is 0. The fourth-order valence-corrected chi connectivity index (χ4v) is 2.36. The van der Waals surface area contributed by atoms with E-state index in [-0.39, 0.29) is 16.3 Å². The maximum Gasteiger partial charge on any atom is 0.250 e. The van der Waals surface area contributed by atoms with E-state index in [4.69, 9.17) is 11.5 Å². The molecule has 1 heterocycles. The monoisotopic (exact) mass is 281 g/mol. The van der Waals surface area contributed by atoms with E-state index in [0.717, 1.165) is 30.0 Å². The highest BCUT2D eigenvalue weighted by molar-refractivity contribution is 7.99. The summed E-state index contributed by atoms with van der Waals surface area (Å²) in [6, 6.07) is 4.34. The molecule has 98 valence electrons. The second-order valence-corrected chi connectivity index (χ2v) is 4.73. The van der Waals surface area contributed by atoms with Gasteiger partial charge < -0.3 is 11.5 Å². The normalized spacial score (nSPS) is 10.4. The minimum atomic E-state index is -0.714. The molecule has 4 nitrogen and oxygen atoms in total. The summed E-state index contributed by atoms with van der Waals surface area (Å²) >= 11 is 0.858. The molecule has 0 aliphatic heterocycles. The second-order valence-electron chi connectivity index (χ2n) is 3.65. The average molecular weight is 281 g/mol. The lowest BCUT2D eigenvalue weighted by molar-refractivity contribution is 0.0997. The summed E-state index contributed by atoms with van der Waals surface area (Å²) in [5.41, 5.74) is 10.8. The SMILES string of the molecule is NC(=O)c1cc(N)ncc1Sc1cc(F)ccc1F. The Kier molecular flexibility index (Phi) is 3.66. The molecular weight excluding hydrogens is 272 g/mol. The van der Waals surface area contributed by atoms with Gasteiger partial charge in [-0.1, -0.05) is 11.8 Å². The van der Waals surface area contributed by atoms with Crippen LogP contribution in [0.3, 0.4) is 0 Å². The van der Waals surface area contributed by atoms with E-state index >= 15 is 0 Å². The third-order valence-electron chi connectivity index (χ3n) is 2.27. The van der Waals surface area contributed by atoms with E-state index in [2.05, 4.69) is 4.98 Å². The number of anilines is 1. The van der Waals surface area contributed by atoms with E-state index in [1.807, 2.05) is 0 Å². The first-order valence-corrected chi connectivity index (χ1v) is 5.97. The Hall–Kier alpha value is -2.15. The molecule has 2 rings (SSSR count). The first-order valence-electron chi connectivity index (χ1n) is 5.15. The number of nitrogen functional groups attached to an aromatic ring is 1. The molecule has 0 aliphatic rings. The van der Waals surface area contributed by atoms with Crippen LogP contribution in [0.5, 0.6) is 0 Å². The van der Waals surface area contributed by atoms with E-state index in [1.54, 1.807) is 0 Å². The lowest BCUT2D eigenvalue weighted by Crippen LogP contribution is -2.13. The van der Waals surface area contributed by atoms with E-state index in [9.17, 15) is 13.6 Å². The van der Waals surface area contributed by atoms with Crippen LogP contribution in [0.1, 0.15) is 10.4 Å². The van der Waals surface area contributed by atoms with Gasteiger partial charge in [-0.05, 0) is 24.3 Å². The smallest absolute Gasteiger partial charge is 0.250 e. The molecule has 19 heavy (non-hydrogen) atoms. The second kappa shape index (κ2) is 5.23. The fourth-order valence-electron chi connectivity index (χ4n) is 1.41. The molecule has 0 bridgehead atoms. The number of hydrogen-bond acceptors (Lipinski definition) is 4. The zero-order valence-corrected chi connectivity index (χ0v) is 10.4. The molecule has 0 saturated heterocycles. The topological polar surface area (TPSA) is 82.0 Å². The van der Waals surface area contributed by atoms with Crippen LogP contribution >= 0.6 is 11.8 Å². The van der Waals surface area contributed by atoms with Gasteiger partial charge in [0, 0.05) is 11.1 Å². The molecule has 4 N–H and O–H groups in total. The number of carbonyl (C=O) groups excluding carboxylic acids is 1. The number of carbonyl (C=O) groups is 1. The van der Waals surface area contributed by atoms with Crippen LogP contribution in [0, 0.1) is 11.6 Å². The Balaban J connectivity index is 2.43. The van der Waals surface area contributed by atoms with Crippen molar-refractivity contribution in [3.8, 4) is 0 Å². The van der Waals surface area contributed by atoms with Crippen LogP contribution in [0.2, 0.25) is 0 Å². The number of amides is 1. The predicted octanol–water partition coefficient (Wildman–Crippen LogP) is 2.19. The number of benzene rings is 1. The molecule has 1 aromatic heterocycles. The highest BCUT2D eigenvalue weighted by Crippen LogP contribution is 2.32. The Bertz CT molecular complexity index is 649. The molecule has 2 aromatic rings. The molecule has 0 atom stereocenters. The summed E-state index contributed by atoms with van der Waals surface area (Å²) in [5, 5.41) is 0. The minimum Gasteiger partial charge on any atom is -0.384 e. The average Bonchev–Trinajstić information content (AvgIpc) is 2.35. The Morgan fingerprint density at radius 1 is 1.21 bits per heavy atom. The minimum absolute atomic E-state index is 0.0362. The van der Waals surface area contributed by atoms with Crippen LogP contribution in [0.15, 0.2) is 40.3 Å². The van der Waals surface area contributed by atoms with Crippen molar-refractivity contribution in [1.29, 1.82) is 0 Å². The van der Waals surface area contributed by atoms with Crippen molar-refractivity contribution in [3.63, 3.8) is 0 Å². The van der Waals surface area contributed by atoms with Crippen molar-refractivity contribution in [2.45, 2.75) is 9.79 Å². The predicted molar refractivity (Wildman–Crippen MR) is 67.6 cm³/mol. The van der Waals surface area contributed by atoms with E-state index in [0.29, 0.717) is 4.90 Å². The Morgan fingerprint density at radius 3 is 2.63 bits per heavy atom. The van der Waals surface area contributed by atoms with Crippen molar-refractivity contribution < 1.29 is 13.6 Å². The van der Waals surface area contributed by atoms with Crippen molar-refractivity contribution >= 4 is 23.5 Å². The van der Waals surface area contributed by atoms with E-state index in [1.165, 1.54) is 12.3 Å². The number of halogens is 2. The van der Waals surface area contributed by atoms with Gasteiger partial charge in [0.25, 0.3) is 0 Å². The van der Waals surface area contributed by atoms with Gasteiger partial charge in [-0.25, -0.2) is 13.8 Å². The zero-order chi connectivity index (χ0) is 14.0. The molecule has 0 radical (unpaired) electrons. The molecule has 0 fully saturated rings. The van der Waals surface area contributed by atoms with Crippen LogP contribution in [0.4, 0.5) is 14.6 Å². The molecule has 1 aromatic carbocycles.